The van der Waals surface area contributed by atoms with E-state index in [1.807, 2.05) is 33.2 Å². The van der Waals surface area contributed by atoms with Gasteiger partial charge in [-0.1, -0.05) is 38.8 Å². The molecule has 0 aromatic carbocycles. The van der Waals surface area contributed by atoms with Gasteiger partial charge in [0.05, 0.1) is 20.6 Å². The van der Waals surface area contributed by atoms with Crippen molar-refractivity contribution in [3.63, 3.8) is 0 Å². The van der Waals surface area contributed by atoms with Crippen molar-refractivity contribution in [1.82, 2.24) is 0 Å². The SMILES string of the molecule is CCCC/C=C/C(O)C[N+](C)(C)CC(CC)C(=O)O. The fraction of sp³-hybridized carbons (Fsp3) is 0.800. The van der Waals surface area contributed by atoms with Gasteiger partial charge in [0.15, 0.2) is 0 Å². The molecule has 0 radical (unpaired) electrons. The number of hydrogen-bond donors (Lipinski definition) is 2. The minimum Gasteiger partial charge on any atom is -0.481 e. The summed E-state index contributed by atoms with van der Waals surface area (Å²) in [5.41, 5.74) is 0. The molecule has 2 unspecified atom stereocenters. The summed E-state index contributed by atoms with van der Waals surface area (Å²) >= 11 is 0. The summed E-state index contributed by atoms with van der Waals surface area (Å²) in [4.78, 5) is 11.1. The van der Waals surface area contributed by atoms with Crippen molar-refractivity contribution in [2.45, 2.75) is 45.6 Å². The second-order valence-corrected chi connectivity index (χ2v) is 5.88. The molecule has 0 saturated heterocycles. The number of carboxylic acids is 1. The van der Waals surface area contributed by atoms with Crippen LogP contribution in [0.3, 0.4) is 0 Å². The zero-order valence-electron chi connectivity index (χ0n) is 12.8. The van der Waals surface area contributed by atoms with Crippen molar-refractivity contribution >= 4 is 5.97 Å². The number of nitrogens with zero attached hydrogens (tertiary/aromatic N) is 1. The van der Waals surface area contributed by atoms with Gasteiger partial charge in [-0.05, 0) is 12.8 Å². The van der Waals surface area contributed by atoms with E-state index in [-0.39, 0.29) is 5.92 Å². The van der Waals surface area contributed by atoms with Crippen LogP contribution in [0.1, 0.15) is 39.5 Å². The third kappa shape index (κ3) is 8.78. The van der Waals surface area contributed by atoms with Gasteiger partial charge < -0.3 is 14.7 Å². The van der Waals surface area contributed by atoms with Gasteiger partial charge in [0, 0.05) is 0 Å². The Morgan fingerprint density at radius 3 is 2.37 bits per heavy atom. The zero-order chi connectivity index (χ0) is 14.9. The number of aliphatic hydroxyl groups is 1. The third-order valence-electron chi connectivity index (χ3n) is 3.32. The summed E-state index contributed by atoms with van der Waals surface area (Å²) in [5.74, 6) is -1.09. The second kappa shape index (κ2) is 9.10. The molecule has 0 bridgehead atoms. The quantitative estimate of drug-likeness (QED) is 0.364. The van der Waals surface area contributed by atoms with E-state index in [9.17, 15) is 9.90 Å². The first-order valence-electron chi connectivity index (χ1n) is 7.22. The Morgan fingerprint density at radius 1 is 1.26 bits per heavy atom. The normalized spacial score (nSPS) is 15.6. The van der Waals surface area contributed by atoms with Crippen LogP contribution in [0.5, 0.6) is 0 Å². The van der Waals surface area contributed by atoms with Crippen LogP contribution in [0.25, 0.3) is 0 Å². The lowest BCUT2D eigenvalue weighted by atomic mass is 10.1. The number of carboxylic acid groups (broad SMARTS) is 1. The number of unbranched alkanes of at least 4 members (excludes halogenated alkanes) is 2. The molecule has 0 aliphatic heterocycles. The average molecular weight is 272 g/mol. The number of carbonyl (C=O) groups is 1. The van der Waals surface area contributed by atoms with E-state index in [0.717, 1.165) is 19.3 Å². The summed E-state index contributed by atoms with van der Waals surface area (Å²) in [7, 11) is 3.93. The predicted molar refractivity (Wildman–Crippen MR) is 77.9 cm³/mol. The maximum atomic E-state index is 11.1. The van der Waals surface area contributed by atoms with Crippen molar-refractivity contribution < 1.29 is 19.5 Å². The lowest BCUT2D eigenvalue weighted by Gasteiger charge is -2.33. The summed E-state index contributed by atoms with van der Waals surface area (Å²) in [6, 6.07) is 0. The third-order valence-corrected chi connectivity index (χ3v) is 3.32. The highest BCUT2D eigenvalue weighted by atomic mass is 16.4. The van der Waals surface area contributed by atoms with Gasteiger partial charge in [-0.2, -0.15) is 0 Å². The molecule has 0 aliphatic rings. The average Bonchev–Trinajstić information content (AvgIpc) is 2.30. The van der Waals surface area contributed by atoms with Crippen molar-refractivity contribution in [3.05, 3.63) is 12.2 Å². The maximum Gasteiger partial charge on any atom is 0.312 e. The molecule has 4 heteroatoms. The molecule has 2 atom stereocenters. The van der Waals surface area contributed by atoms with E-state index >= 15 is 0 Å². The molecule has 0 aliphatic carbocycles. The van der Waals surface area contributed by atoms with Gasteiger partial charge >= 0.3 is 5.97 Å². The smallest absolute Gasteiger partial charge is 0.312 e. The monoisotopic (exact) mass is 272 g/mol. The van der Waals surface area contributed by atoms with Crippen LogP contribution in [-0.2, 0) is 4.79 Å². The maximum absolute atomic E-state index is 11.1. The largest absolute Gasteiger partial charge is 0.481 e. The van der Waals surface area contributed by atoms with E-state index < -0.39 is 12.1 Å². The second-order valence-electron chi connectivity index (χ2n) is 5.88. The first-order valence-corrected chi connectivity index (χ1v) is 7.22. The van der Waals surface area contributed by atoms with Gasteiger partial charge in [0.25, 0.3) is 0 Å². The number of hydrogen-bond acceptors (Lipinski definition) is 2. The lowest BCUT2D eigenvalue weighted by Crippen LogP contribution is -2.49. The van der Waals surface area contributed by atoms with Crippen LogP contribution < -0.4 is 0 Å². The Kier molecular flexibility index (Phi) is 8.68. The Labute approximate surface area is 117 Å². The summed E-state index contributed by atoms with van der Waals surface area (Å²) in [6.07, 6.45) is 7.25. The van der Waals surface area contributed by atoms with E-state index in [2.05, 4.69) is 6.92 Å². The van der Waals surface area contributed by atoms with Crippen molar-refractivity contribution in [2.75, 3.05) is 27.2 Å². The number of quaternary nitrogens is 1. The topological polar surface area (TPSA) is 57.5 Å². The molecular formula is C15H30NO3+. The molecule has 19 heavy (non-hydrogen) atoms. The van der Waals surface area contributed by atoms with E-state index in [1.165, 1.54) is 0 Å². The van der Waals surface area contributed by atoms with Gasteiger partial charge in [-0.3, -0.25) is 4.79 Å². The van der Waals surface area contributed by atoms with Crippen molar-refractivity contribution in [2.24, 2.45) is 5.92 Å². The van der Waals surface area contributed by atoms with Crippen LogP contribution in [0.15, 0.2) is 12.2 Å². The van der Waals surface area contributed by atoms with E-state index in [1.54, 1.807) is 0 Å². The molecule has 0 saturated carbocycles. The van der Waals surface area contributed by atoms with E-state index in [0.29, 0.717) is 24.0 Å². The molecule has 0 aromatic heterocycles. The molecule has 112 valence electrons. The number of allylic oxidation sites excluding steroid dienone is 1. The van der Waals surface area contributed by atoms with Crippen LogP contribution in [-0.4, -0.2) is 54.0 Å². The molecule has 2 N–H and O–H groups in total. The number of aliphatic hydroxyl groups excluding tert-OH is 1. The first-order chi connectivity index (χ1) is 8.82. The molecule has 0 aromatic rings. The van der Waals surface area contributed by atoms with Gasteiger partial charge in [0.2, 0.25) is 0 Å². The predicted octanol–water partition coefficient (Wildman–Crippen LogP) is 2.28. The summed E-state index contributed by atoms with van der Waals surface area (Å²) in [6.45, 7) is 5.12. The Morgan fingerprint density at radius 2 is 1.89 bits per heavy atom. The van der Waals surface area contributed by atoms with E-state index in [4.69, 9.17) is 5.11 Å². The van der Waals surface area contributed by atoms with Gasteiger partial charge in [-0.25, -0.2) is 0 Å². The molecule has 0 fully saturated rings. The van der Waals surface area contributed by atoms with Crippen LogP contribution in [0.2, 0.25) is 0 Å². The minimum absolute atomic E-state index is 0.341. The first kappa shape index (κ1) is 18.1. The highest BCUT2D eigenvalue weighted by molar-refractivity contribution is 5.69. The Hall–Kier alpha value is -0.870. The molecule has 0 spiro atoms. The highest BCUT2D eigenvalue weighted by Gasteiger charge is 2.27. The summed E-state index contributed by atoms with van der Waals surface area (Å²) in [5, 5.41) is 19.0. The summed E-state index contributed by atoms with van der Waals surface area (Å²) < 4.78 is 0.518. The Bertz CT molecular complexity index is 287. The van der Waals surface area contributed by atoms with Gasteiger partial charge in [-0.15, -0.1) is 0 Å². The standard InChI is InChI=1S/C15H29NO3/c1-5-7-8-9-10-14(17)12-16(3,4)11-13(6-2)15(18)19/h9-10,13-14,17H,5-8,11-12H2,1-4H3/p+1/b10-9+. The molecule has 0 heterocycles. The van der Waals surface area contributed by atoms with Crippen LogP contribution in [0.4, 0.5) is 0 Å². The van der Waals surface area contributed by atoms with Gasteiger partial charge in [0.1, 0.15) is 18.6 Å². The number of aliphatic carboxylic acids is 1. The number of likely N-dealkylation sites (N-methyl/N-ethyl adjacent to an activating group) is 1. The van der Waals surface area contributed by atoms with Crippen LogP contribution >= 0.6 is 0 Å². The molecule has 0 rings (SSSR count). The fourth-order valence-electron chi connectivity index (χ4n) is 2.20. The fourth-order valence-corrected chi connectivity index (χ4v) is 2.20. The zero-order valence-corrected chi connectivity index (χ0v) is 12.8. The number of rotatable bonds is 10. The molecule has 0 amide bonds. The van der Waals surface area contributed by atoms with Crippen molar-refractivity contribution in [1.29, 1.82) is 0 Å². The Balaban J connectivity index is 4.26. The highest BCUT2D eigenvalue weighted by Crippen LogP contribution is 2.11. The molecular weight excluding hydrogens is 242 g/mol. The molecule has 4 nitrogen and oxygen atoms in total. The van der Waals surface area contributed by atoms with Crippen molar-refractivity contribution in [3.8, 4) is 0 Å². The minimum atomic E-state index is -0.748. The van der Waals surface area contributed by atoms with Crippen LogP contribution in [0, 0.1) is 5.92 Å². The lowest BCUT2D eigenvalue weighted by molar-refractivity contribution is -0.895.